The molecule has 2 rings (SSSR count). The number of β-amino-alcohol motifs (C(OH)–C–C–N with tert-alkyl or cyclic N) is 1. The van der Waals surface area contributed by atoms with Crippen molar-refractivity contribution in [2.75, 3.05) is 6.54 Å². The van der Waals surface area contributed by atoms with Crippen LogP contribution in [-0.2, 0) is 0 Å². The molecular formula is C13H18N2O2S. The first-order valence-corrected chi connectivity index (χ1v) is 6.73. The molecule has 0 spiro atoms. The van der Waals surface area contributed by atoms with E-state index in [0.29, 0.717) is 6.54 Å². The molecule has 5 heteroatoms. The molecule has 0 radical (unpaired) electrons. The molecule has 0 aliphatic rings. The van der Waals surface area contributed by atoms with Crippen molar-refractivity contribution < 1.29 is 5.11 Å². The molecule has 0 aliphatic heterocycles. The van der Waals surface area contributed by atoms with Crippen LogP contribution in [0.3, 0.4) is 0 Å². The number of aliphatic hydroxyl groups is 1. The normalized spacial score (nSPS) is 14.0. The number of benzene rings is 1. The molecule has 4 nitrogen and oxygen atoms in total. The minimum absolute atomic E-state index is 0.0415. The molecule has 1 aromatic carbocycles. The average molecular weight is 266 g/mol. The van der Waals surface area contributed by atoms with Gasteiger partial charge in [0.1, 0.15) is 0 Å². The van der Waals surface area contributed by atoms with Crippen LogP contribution in [-0.4, -0.2) is 22.2 Å². The zero-order valence-electron chi connectivity index (χ0n) is 10.8. The number of rotatable bonds is 3. The zero-order chi connectivity index (χ0) is 13.3. The molecule has 0 aliphatic carbocycles. The highest BCUT2D eigenvalue weighted by Crippen LogP contribution is 2.25. The summed E-state index contributed by atoms with van der Waals surface area (Å²) in [7, 11) is 0. The fraction of sp³-hybridized carbons (Fsp3) is 0.462. The van der Waals surface area contributed by atoms with Gasteiger partial charge in [-0.3, -0.25) is 4.79 Å². The molecule has 1 heterocycles. The maximum Gasteiger partial charge on any atom is 0.305 e. The van der Waals surface area contributed by atoms with E-state index in [1.807, 2.05) is 18.2 Å². The molecule has 3 N–H and O–H groups in total. The topological polar surface area (TPSA) is 65.1 Å². The summed E-state index contributed by atoms with van der Waals surface area (Å²) in [5.74, 6) is 0. The third-order valence-corrected chi connectivity index (χ3v) is 3.61. The highest BCUT2D eigenvalue weighted by atomic mass is 32.1. The molecule has 0 amide bonds. The molecule has 2 aromatic rings. The van der Waals surface area contributed by atoms with Crippen LogP contribution in [0.15, 0.2) is 23.0 Å². The molecule has 0 bridgehead atoms. The van der Waals surface area contributed by atoms with Crippen LogP contribution in [0.5, 0.6) is 0 Å². The Morgan fingerprint density at radius 1 is 1.44 bits per heavy atom. The smallest absolute Gasteiger partial charge is 0.305 e. The Morgan fingerprint density at radius 2 is 2.17 bits per heavy atom. The lowest BCUT2D eigenvalue weighted by atomic mass is 10.1. The number of nitrogens with one attached hydrogen (secondary N) is 2. The first-order chi connectivity index (χ1) is 8.37. The van der Waals surface area contributed by atoms with Crippen LogP contribution in [0, 0.1) is 0 Å². The van der Waals surface area contributed by atoms with E-state index < -0.39 is 6.10 Å². The lowest BCUT2D eigenvalue weighted by Gasteiger charge is -2.23. The van der Waals surface area contributed by atoms with Crippen molar-refractivity contribution in [2.24, 2.45) is 0 Å². The zero-order valence-corrected chi connectivity index (χ0v) is 11.6. The summed E-state index contributed by atoms with van der Waals surface area (Å²) in [6.45, 7) is 6.62. The molecule has 0 fully saturated rings. The Labute approximate surface area is 110 Å². The Hall–Kier alpha value is -1.17. The molecule has 18 heavy (non-hydrogen) atoms. The number of fused-ring (bicyclic) bond motifs is 1. The van der Waals surface area contributed by atoms with E-state index in [1.54, 1.807) is 0 Å². The quantitative estimate of drug-likeness (QED) is 0.796. The number of thiazole rings is 1. The van der Waals surface area contributed by atoms with E-state index in [-0.39, 0.29) is 10.4 Å². The van der Waals surface area contributed by atoms with Crippen molar-refractivity contribution in [1.29, 1.82) is 0 Å². The van der Waals surface area contributed by atoms with Crippen molar-refractivity contribution >= 4 is 21.6 Å². The molecule has 0 saturated heterocycles. The van der Waals surface area contributed by atoms with Gasteiger partial charge in [0.15, 0.2) is 0 Å². The Bertz CT molecular complexity index is 595. The van der Waals surface area contributed by atoms with Gasteiger partial charge in [0.05, 0.1) is 16.3 Å². The van der Waals surface area contributed by atoms with Gasteiger partial charge < -0.3 is 15.4 Å². The summed E-state index contributed by atoms with van der Waals surface area (Å²) in [6.07, 6.45) is -0.612. The van der Waals surface area contributed by atoms with Gasteiger partial charge in [-0.15, -0.1) is 0 Å². The van der Waals surface area contributed by atoms with Gasteiger partial charge in [0, 0.05) is 17.6 Å². The summed E-state index contributed by atoms with van der Waals surface area (Å²) in [6, 6.07) is 5.56. The van der Waals surface area contributed by atoms with E-state index in [4.69, 9.17) is 0 Å². The van der Waals surface area contributed by atoms with Crippen molar-refractivity contribution in [3.8, 4) is 0 Å². The molecule has 0 unspecified atom stereocenters. The fourth-order valence-electron chi connectivity index (χ4n) is 1.77. The number of aliphatic hydroxyl groups excluding tert-OH is 1. The number of H-pyrrole nitrogens is 1. The van der Waals surface area contributed by atoms with Gasteiger partial charge >= 0.3 is 4.87 Å². The van der Waals surface area contributed by atoms with Crippen LogP contribution in [0.4, 0.5) is 0 Å². The van der Waals surface area contributed by atoms with Crippen LogP contribution < -0.4 is 10.2 Å². The monoisotopic (exact) mass is 266 g/mol. The number of hydrogen-bond acceptors (Lipinski definition) is 4. The molecule has 0 saturated carbocycles. The lowest BCUT2D eigenvalue weighted by Crippen LogP contribution is -2.38. The Balaban J connectivity index is 2.27. The van der Waals surface area contributed by atoms with E-state index >= 15 is 0 Å². The standard InChI is InChI=1S/C13H18N2O2S/c1-13(2,3)14-7-10(16)8-5-4-6-9-11(8)18-12(17)15-9/h4-6,10,14,16H,7H2,1-3H3,(H,15,17)/t10-/m0/s1. The van der Waals surface area contributed by atoms with Crippen molar-refractivity contribution in [1.82, 2.24) is 10.3 Å². The summed E-state index contributed by atoms with van der Waals surface area (Å²) >= 11 is 1.14. The number of hydrogen-bond donors (Lipinski definition) is 3. The van der Waals surface area contributed by atoms with Crippen molar-refractivity contribution in [3.05, 3.63) is 33.4 Å². The first kappa shape index (κ1) is 13.3. The summed E-state index contributed by atoms with van der Waals surface area (Å²) in [5.41, 5.74) is 1.55. The second-order valence-electron chi connectivity index (χ2n) is 5.39. The van der Waals surface area contributed by atoms with Crippen LogP contribution >= 0.6 is 11.3 Å². The molecule has 98 valence electrons. The number of aromatic nitrogens is 1. The SMILES string of the molecule is CC(C)(C)NC[C@H](O)c1cccc2[nH]c(=O)sc12. The third-order valence-electron chi connectivity index (χ3n) is 2.66. The largest absolute Gasteiger partial charge is 0.387 e. The third kappa shape index (κ3) is 2.98. The van der Waals surface area contributed by atoms with Gasteiger partial charge in [0.25, 0.3) is 0 Å². The van der Waals surface area contributed by atoms with Crippen LogP contribution in [0.25, 0.3) is 10.2 Å². The predicted octanol–water partition coefficient (Wildman–Crippen LogP) is 2.01. The molecular weight excluding hydrogens is 248 g/mol. The lowest BCUT2D eigenvalue weighted by molar-refractivity contribution is 0.165. The minimum atomic E-state index is -0.612. The van der Waals surface area contributed by atoms with E-state index in [0.717, 1.165) is 27.1 Å². The van der Waals surface area contributed by atoms with Gasteiger partial charge in [-0.05, 0) is 26.8 Å². The molecule has 1 atom stereocenters. The Kier molecular flexibility index (Phi) is 3.56. The summed E-state index contributed by atoms with van der Waals surface area (Å²) in [4.78, 5) is 14.0. The second kappa shape index (κ2) is 4.84. The van der Waals surface area contributed by atoms with Gasteiger partial charge in [-0.1, -0.05) is 23.5 Å². The Morgan fingerprint density at radius 3 is 2.83 bits per heavy atom. The van der Waals surface area contributed by atoms with E-state index in [9.17, 15) is 9.90 Å². The minimum Gasteiger partial charge on any atom is -0.387 e. The van der Waals surface area contributed by atoms with Gasteiger partial charge in [-0.25, -0.2) is 0 Å². The van der Waals surface area contributed by atoms with Crippen molar-refractivity contribution in [2.45, 2.75) is 32.4 Å². The highest BCUT2D eigenvalue weighted by molar-refractivity contribution is 7.16. The summed E-state index contributed by atoms with van der Waals surface area (Å²) in [5, 5.41) is 13.5. The van der Waals surface area contributed by atoms with Crippen LogP contribution in [0.1, 0.15) is 32.4 Å². The maximum atomic E-state index is 11.3. The number of aromatic amines is 1. The van der Waals surface area contributed by atoms with Crippen LogP contribution in [0.2, 0.25) is 0 Å². The first-order valence-electron chi connectivity index (χ1n) is 5.92. The van der Waals surface area contributed by atoms with E-state index in [1.165, 1.54) is 0 Å². The van der Waals surface area contributed by atoms with E-state index in [2.05, 4.69) is 31.1 Å². The van der Waals surface area contributed by atoms with Gasteiger partial charge in [0.2, 0.25) is 0 Å². The summed E-state index contributed by atoms with van der Waals surface area (Å²) < 4.78 is 0.839. The maximum absolute atomic E-state index is 11.3. The van der Waals surface area contributed by atoms with Gasteiger partial charge in [-0.2, -0.15) is 0 Å². The molecule has 1 aromatic heterocycles. The average Bonchev–Trinajstić information content (AvgIpc) is 2.64. The second-order valence-corrected chi connectivity index (χ2v) is 6.37. The predicted molar refractivity (Wildman–Crippen MR) is 75.2 cm³/mol. The highest BCUT2D eigenvalue weighted by Gasteiger charge is 2.16. The van der Waals surface area contributed by atoms with Crippen molar-refractivity contribution in [3.63, 3.8) is 0 Å². The fourth-order valence-corrected chi connectivity index (χ4v) is 2.67.